The summed E-state index contributed by atoms with van der Waals surface area (Å²) in [6, 6.07) is 30.1. The van der Waals surface area contributed by atoms with Crippen LogP contribution in [0, 0.1) is 6.92 Å². The van der Waals surface area contributed by atoms with Crippen LogP contribution in [0.5, 0.6) is 0 Å². The molecule has 2 amide bonds. The fourth-order valence-electron chi connectivity index (χ4n) is 3.58. The van der Waals surface area contributed by atoms with Crippen molar-refractivity contribution in [2.24, 2.45) is 0 Å². The van der Waals surface area contributed by atoms with Crippen LogP contribution in [0.15, 0.2) is 108 Å². The lowest BCUT2D eigenvalue weighted by Crippen LogP contribution is -2.19. The third-order valence-electron chi connectivity index (χ3n) is 5.37. The van der Waals surface area contributed by atoms with Crippen LogP contribution in [0.2, 0.25) is 0 Å². The summed E-state index contributed by atoms with van der Waals surface area (Å²) in [5, 5.41) is 14.3. The number of aryl methyl sites for hydroxylation is 1. The number of anilines is 2. The molecule has 0 aliphatic rings. The molecule has 7 heteroatoms. The lowest BCUT2D eigenvalue weighted by atomic mass is 10.1. The van der Waals surface area contributed by atoms with Crippen LogP contribution in [0.25, 0.3) is 0 Å². The lowest BCUT2D eigenvalue weighted by Gasteiger charge is -2.18. The Hall–Kier alpha value is -4.36. The maximum Gasteiger partial charge on any atom is 0.335 e. The second-order valence-corrected chi connectivity index (χ2v) is 9.31. The number of carbonyl (C=O) groups excluding carboxylic acids is 2. The Morgan fingerprint density at radius 3 is 2.14 bits per heavy atom. The Labute approximate surface area is 213 Å². The number of carboxylic acid groups (broad SMARTS) is 1. The van der Waals surface area contributed by atoms with Gasteiger partial charge in [0, 0.05) is 21.8 Å². The van der Waals surface area contributed by atoms with Crippen LogP contribution in [0.3, 0.4) is 0 Å². The molecule has 6 nitrogen and oxygen atoms in total. The van der Waals surface area contributed by atoms with Gasteiger partial charge in [-0.15, -0.1) is 11.8 Å². The van der Waals surface area contributed by atoms with Gasteiger partial charge < -0.3 is 15.7 Å². The van der Waals surface area contributed by atoms with Gasteiger partial charge in [-0.2, -0.15) is 0 Å². The Bertz CT molecular complexity index is 1390. The normalized spacial score (nSPS) is 11.4. The number of thioether (sulfide) groups is 1. The first-order valence-corrected chi connectivity index (χ1v) is 12.1. The minimum atomic E-state index is -1.03. The van der Waals surface area contributed by atoms with Gasteiger partial charge in [-0.1, -0.05) is 54.1 Å². The number of hydrogen-bond donors (Lipinski definition) is 3. The summed E-state index contributed by atoms with van der Waals surface area (Å²) in [6.07, 6.45) is 0. The van der Waals surface area contributed by atoms with Crippen molar-refractivity contribution in [2.75, 3.05) is 10.6 Å². The van der Waals surface area contributed by atoms with Crippen molar-refractivity contribution in [2.45, 2.75) is 17.1 Å². The molecule has 0 aliphatic heterocycles. The van der Waals surface area contributed by atoms with Crippen LogP contribution >= 0.6 is 11.8 Å². The molecule has 0 fully saturated rings. The van der Waals surface area contributed by atoms with E-state index >= 15 is 0 Å². The van der Waals surface area contributed by atoms with Gasteiger partial charge in [-0.3, -0.25) is 9.59 Å². The first kappa shape index (κ1) is 24.8. The number of carbonyl (C=O) groups is 3. The van der Waals surface area contributed by atoms with E-state index in [0.29, 0.717) is 16.9 Å². The van der Waals surface area contributed by atoms with Crippen LogP contribution in [-0.4, -0.2) is 22.9 Å². The Kier molecular flexibility index (Phi) is 7.82. The summed E-state index contributed by atoms with van der Waals surface area (Å²) in [5.74, 6) is -1.48. The molecule has 0 saturated heterocycles. The van der Waals surface area contributed by atoms with Crippen molar-refractivity contribution >= 4 is 40.9 Å². The summed E-state index contributed by atoms with van der Waals surface area (Å²) in [7, 11) is 0. The average Bonchev–Trinajstić information content (AvgIpc) is 2.88. The van der Waals surface area contributed by atoms with E-state index in [9.17, 15) is 14.4 Å². The van der Waals surface area contributed by atoms with Crippen molar-refractivity contribution in [3.8, 4) is 0 Å². The van der Waals surface area contributed by atoms with Crippen LogP contribution in [0.1, 0.15) is 37.1 Å². The molecule has 4 aromatic rings. The Morgan fingerprint density at radius 1 is 0.722 bits per heavy atom. The summed E-state index contributed by atoms with van der Waals surface area (Å²) < 4.78 is 0. The van der Waals surface area contributed by atoms with E-state index in [1.165, 1.54) is 23.9 Å². The van der Waals surface area contributed by atoms with Crippen molar-refractivity contribution in [3.63, 3.8) is 0 Å². The monoisotopic (exact) mass is 496 g/mol. The summed E-state index contributed by atoms with van der Waals surface area (Å²) in [5.41, 5.74) is 3.67. The molecular formula is C29H24N2O4S. The number of rotatable bonds is 8. The molecule has 4 aromatic carbocycles. The third kappa shape index (κ3) is 6.40. The van der Waals surface area contributed by atoms with E-state index in [0.717, 1.165) is 16.0 Å². The highest BCUT2D eigenvalue weighted by Gasteiger charge is 2.22. The molecule has 36 heavy (non-hydrogen) atoms. The van der Waals surface area contributed by atoms with E-state index < -0.39 is 11.2 Å². The first-order valence-electron chi connectivity index (χ1n) is 11.2. The molecule has 0 aromatic heterocycles. The van der Waals surface area contributed by atoms with Gasteiger partial charge in [0.25, 0.3) is 5.91 Å². The quantitative estimate of drug-likeness (QED) is 0.245. The maximum absolute atomic E-state index is 13.3. The van der Waals surface area contributed by atoms with E-state index in [1.807, 2.05) is 73.7 Å². The van der Waals surface area contributed by atoms with E-state index in [1.54, 1.807) is 24.3 Å². The summed E-state index contributed by atoms with van der Waals surface area (Å²) >= 11 is 1.36. The zero-order valence-electron chi connectivity index (χ0n) is 19.5. The molecule has 0 heterocycles. The minimum Gasteiger partial charge on any atom is -0.478 e. The molecule has 0 saturated carbocycles. The highest BCUT2D eigenvalue weighted by atomic mass is 32.2. The number of carboxylic acids is 1. The molecule has 0 radical (unpaired) electrons. The average molecular weight is 497 g/mol. The fraction of sp³-hybridized carbons (Fsp3) is 0.0690. The molecular weight excluding hydrogens is 472 g/mol. The zero-order valence-corrected chi connectivity index (χ0v) is 20.3. The zero-order chi connectivity index (χ0) is 25.5. The first-order chi connectivity index (χ1) is 17.4. The summed E-state index contributed by atoms with van der Waals surface area (Å²) in [6.45, 7) is 1.93. The number of hydrogen-bond acceptors (Lipinski definition) is 4. The number of aromatic carboxylic acids is 1. The topological polar surface area (TPSA) is 95.5 Å². The largest absolute Gasteiger partial charge is 0.478 e. The number of benzene rings is 4. The fourth-order valence-corrected chi connectivity index (χ4v) is 4.66. The predicted molar refractivity (Wildman–Crippen MR) is 143 cm³/mol. The Morgan fingerprint density at radius 2 is 1.44 bits per heavy atom. The molecule has 180 valence electrons. The van der Waals surface area contributed by atoms with Gasteiger partial charge in [0.2, 0.25) is 5.91 Å². The molecule has 0 spiro atoms. The molecule has 1 atom stereocenters. The van der Waals surface area contributed by atoms with Gasteiger partial charge in [-0.25, -0.2) is 4.79 Å². The van der Waals surface area contributed by atoms with Crippen LogP contribution in [0.4, 0.5) is 11.4 Å². The number of nitrogens with one attached hydrogen (secondary N) is 2. The molecule has 1 unspecified atom stereocenters. The van der Waals surface area contributed by atoms with Crippen molar-refractivity contribution in [1.29, 1.82) is 0 Å². The van der Waals surface area contributed by atoms with E-state index in [-0.39, 0.29) is 17.4 Å². The van der Waals surface area contributed by atoms with Gasteiger partial charge in [0.15, 0.2) is 0 Å². The molecule has 0 aliphatic carbocycles. The van der Waals surface area contributed by atoms with Crippen LogP contribution in [-0.2, 0) is 4.79 Å². The maximum atomic E-state index is 13.3. The van der Waals surface area contributed by atoms with Crippen LogP contribution < -0.4 is 10.6 Å². The van der Waals surface area contributed by atoms with Gasteiger partial charge in [-0.05, 0) is 67.1 Å². The number of amides is 2. The van der Waals surface area contributed by atoms with Crippen molar-refractivity contribution < 1.29 is 19.5 Å². The molecule has 4 rings (SSSR count). The van der Waals surface area contributed by atoms with Gasteiger partial charge in [0.05, 0.1) is 5.56 Å². The summed E-state index contributed by atoms with van der Waals surface area (Å²) in [4.78, 5) is 37.9. The van der Waals surface area contributed by atoms with E-state index in [2.05, 4.69) is 10.6 Å². The van der Waals surface area contributed by atoms with Crippen molar-refractivity contribution in [3.05, 3.63) is 125 Å². The van der Waals surface area contributed by atoms with Crippen molar-refractivity contribution in [1.82, 2.24) is 0 Å². The standard InChI is InChI=1S/C29H24N2O4S/c1-19-7-5-10-22(17-19)27(32)31-24-11-6-12-25(18-24)36-26(20-8-3-2-4-9-20)28(33)30-23-15-13-21(14-16-23)29(34)35/h2-18,26H,1H3,(H,30,33)(H,31,32)(H,34,35). The van der Waals surface area contributed by atoms with E-state index in [4.69, 9.17) is 5.11 Å². The highest BCUT2D eigenvalue weighted by Crippen LogP contribution is 2.37. The van der Waals surface area contributed by atoms with Gasteiger partial charge in [0.1, 0.15) is 5.25 Å². The Balaban J connectivity index is 1.53. The second-order valence-electron chi connectivity index (χ2n) is 8.13. The lowest BCUT2D eigenvalue weighted by molar-refractivity contribution is -0.115. The predicted octanol–water partition coefficient (Wildman–Crippen LogP) is 6.42. The molecule has 0 bridgehead atoms. The second kappa shape index (κ2) is 11.4. The highest BCUT2D eigenvalue weighted by molar-refractivity contribution is 8.00. The third-order valence-corrected chi connectivity index (χ3v) is 6.61. The molecule has 3 N–H and O–H groups in total. The smallest absolute Gasteiger partial charge is 0.335 e. The van der Waals surface area contributed by atoms with Gasteiger partial charge >= 0.3 is 5.97 Å². The SMILES string of the molecule is Cc1cccc(C(=O)Nc2cccc(SC(C(=O)Nc3ccc(C(=O)O)cc3)c3ccccc3)c2)c1. The minimum absolute atomic E-state index is 0.145.